The van der Waals surface area contributed by atoms with E-state index in [1.165, 1.54) is 50.6 Å². The van der Waals surface area contributed by atoms with Gasteiger partial charge >= 0.3 is 5.97 Å². The summed E-state index contributed by atoms with van der Waals surface area (Å²) in [6.45, 7) is -0.0685. The molecule has 0 radical (unpaired) electrons. The Morgan fingerprint density at radius 2 is 1.88 bits per heavy atom. The number of benzene rings is 3. The molecule has 0 spiro atoms. The van der Waals surface area contributed by atoms with Crippen LogP contribution in [0.2, 0.25) is 5.02 Å². The fraction of sp³-hybridized carbons (Fsp3) is 0.214. The van der Waals surface area contributed by atoms with Gasteiger partial charge in [0.1, 0.15) is 17.2 Å². The zero-order chi connectivity index (χ0) is 28.7. The molecule has 0 bridgehead atoms. The van der Waals surface area contributed by atoms with Crippen LogP contribution in [0.25, 0.3) is 22.3 Å². The number of nitrogens with zero attached hydrogens (tertiary/aromatic N) is 1. The van der Waals surface area contributed by atoms with Crippen molar-refractivity contribution in [2.45, 2.75) is 25.3 Å². The van der Waals surface area contributed by atoms with E-state index >= 15 is 0 Å². The molecular weight excluding hydrogens is 627 g/mol. The van der Waals surface area contributed by atoms with Gasteiger partial charge in [-0.3, -0.25) is 9.10 Å². The number of hydrogen-bond donors (Lipinski definition) is 2. The van der Waals surface area contributed by atoms with E-state index in [-0.39, 0.29) is 44.9 Å². The normalized spacial score (nSPS) is 13.1. The molecule has 1 fully saturated rings. The molecule has 1 aromatic heterocycles. The highest BCUT2D eigenvalue weighted by atomic mass is 79.9. The SMILES string of the molecule is CNC(=O)c1c(-c2ccc(F)cc2)oc2cc(CN(c3cc(Cl)c(Br)c(C(=O)OC)c3)[SH](=O)=O)c(C3CC3)cc12. The molecule has 40 heavy (non-hydrogen) atoms. The van der Waals surface area contributed by atoms with Crippen molar-refractivity contribution in [2.75, 3.05) is 18.5 Å². The summed E-state index contributed by atoms with van der Waals surface area (Å²) in [4.78, 5) is 25.3. The molecule has 1 amide bonds. The van der Waals surface area contributed by atoms with Gasteiger partial charge in [0.15, 0.2) is 0 Å². The van der Waals surface area contributed by atoms with Gasteiger partial charge in [0.05, 0.1) is 40.0 Å². The molecule has 8 nitrogen and oxygen atoms in total. The first-order valence-electron chi connectivity index (χ1n) is 12.2. The zero-order valence-corrected chi connectivity index (χ0v) is 24.5. The fourth-order valence-corrected chi connectivity index (χ4v) is 5.83. The predicted molar refractivity (Wildman–Crippen MR) is 154 cm³/mol. The Labute approximate surface area is 244 Å². The largest absolute Gasteiger partial charge is 0.465 e. The minimum atomic E-state index is -3.15. The fourth-order valence-electron chi connectivity index (χ4n) is 4.65. The van der Waals surface area contributed by atoms with Crippen LogP contribution in [0.3, 0.4) is 0 Å². The first kappa shape index (κ1) is 28.1. The number of carbonyl (C=O) groups excluding carboxylic acids is 2. The van der Waals surface area contributed by atoms with Gasteiger partial charge in [-0.1, -0.05) is 11.6 Å². The number of esters is 1. The van der Waals surface area contributed by atoms with Crippen LogP contribution in [0, 0.1) is 5.82 Å². The number of ether oxygens (including phenoxy) is 1. The second-order valence-corrected chi connectivity index (χ2v) is 11.4. The number of fused-ring (bicyclic) bond motifs is 1. The minimum Gasteiger partial charge on any atom is -0.465 e. The molecule has 208 valence electrons. The van der Waals surface area contributed by atoms with E-state index in [1.54, 1.807) is 6.07 Å². The summed E-state index contributed by atoms with van der Waals surface area (Å²) in [6.07, 6.45) is 1.83. The maximum atomic E-state index is 13.6. The molecule has 0 atom stereocenters. The number of rotatable bonds is 8. The van der Waals surface area contributed by atoms with Crippen molar-refractivity contribution in [1.82, 2.24) is 5.32 Å². The number of thiol groups is 1. The third kappa shape index (κ3) is 5.33. The van der Waals surface area contributed by atoms with Crippen molar-refractivity contribution >= 4 is 67.0 Å². The molecule has 0 saturated heterocycles. The van der Waals surface area contributed by atoms with Crippen LogP contribution in [-0.2, 0) is 22.2 Å². The Balaban J connectivity index is 1.66. The summed E-state index contributed by atoms with van der Waals surface area (Å²) in [5.74, 6) is -0.997. The Bertz CT molecular complexity index is 1730. The number of anilines is 1. The molecule has 1 aliphatic carbocycles. The number of carbonyl (C=O) groups is 2. The maximum Gasteiger partial charge on any atom is 0.339 e. The van der Waals surface area contributed by atoms with Crippen molar-refractivity contribution in [1.29, 1.82) is 0 Å². The number of halogens is 3. The number of furan rings is 1. The third-order valence-electron chi connectivity index (χ3n) is 6.76. The monoisotopic (exact) mass is 648 g/mol. The van der Waals surface area contributed by atoms with Crippen molar-refractivity contribution in [3.8, 4) is 11.3 Å². The van der Waals surface area contributed by atoms with Crippen LogP contribution >= 0.6 is 27.5 Å². The maximum absolute atomic E-state index is 13.6. The van der Waals surface area contributed by atoms with Crippen molar-refractivity contribution in [2.24, 2.45) is 0 Å². The number of methoxy groups -OCH3 is 1. The van der Waals surface area contributed by atoms with Crippen molar-refractivity contribution < 1.29 is 31.6 Å². The summed E-state index contributed by atoms with van der Waals surface area (Å²) in [7, 11) is -0.421. The van der Waals surface area contributed by atoms with E-state index in [1.807, 2.05) is 6.07 Å². The van der Waals surface area contributed by atoms with E-state index < -0.39 is 22.7 Å². The molecule has 12 heteroatoms. The van der Waals surface area contributed by atoms with Gasteiger partial charge in [0.2, 0.25) is 10.9 Å². The van der Waals surface area contributed by atoms with Gasteiger partial charge in [0.25, 0.3) is 5.91 Å². The van der Waals surface area contributed by atoms with Crippen LogP contribution in [0.4, 0.5) is 10.1 Å². The van der Waals surface area contributed by atoms with Crippen LogP contribution in [0.15, 0.2) is 57.4 Å². The first-order valence-corrected chi connectivity index (χ1v) is 14.5. The number of nitrogens with one attached hydrogen (secondary N) is 1. The lowest BCUT2D eigenvalue weighted by molar-refractivity contribution is 0.0599. The van der Waals surface area contributed by atoms with Gasteiger partial charge < -0.3 is 14.5 Å². The van der Waals surface area contributed by atoms with Gasteiger partial charge in [-0.05, 0) is 94.3 Å². The van der Waals surface area contributed by atoms with Gasteiger partial charge in [-0.2, -0.15) is 0 Å². The molecule has 5 rings (SSSR count). The average molecular weight is 650 g/mol. The van der Waals surface area contributed by atoms with E-state index in [9.17, 15) is 22.4 Å². The Hall–Kier alpha value is -3.41. The second-order valence-electron chi connectivity index (χ2n) is 9.29. The quantitative estimate of drug-likeness (QED) is 0.174. The lowest BCUT2D eigenvalue weighted by Gasteiger charge is -2.21. The molecule has 1 N–H and O–H groups in total. The second kappa shape index (κ2) is 11.2. The number of amides is 1. The molecule has 4 aromatic rings. The van der Waals surface area contributed by atoms with Gasteiger partial charge in [0, 0.05) is 18.0 Å². The average Bonchev–Trinajstić information content (AvgIpc) is 3.72. The van der Waals surface area contributed by atoms with Crippen LogP contribution in [0.1, 0.15) is 50.6 Å². The number of hydrogen-bond acceptors (Lipinski definition) is 6. The lowest BCUT2D eigenvalue weighted by Crippen LogP contribution is -2.22. The highest BCUT2D eigenvalue weighted by Gasteiger charge is 2.31. The summed E-state index contributed by atoms with van der Waals surface area (Å²) in [5.41, 5.74) is 3.04. The van der Waals surface area contributed by atoms with Crippen molar-refractivity contribution in [3.05, 3.63) is 86.1 Å². The smallest absolute Gasteiger partial charge is 0.339 e. The highest BCUT2D eigenvalue weighted by molar-refractivity contribution is 9.10. The van der Waals surface area contributed by atoms with Crippen LogP contribution < -0.4 is 9.62 Å². The summed E-state index contributed by atoms with van der Waals surface area (Å²) in [6, 6.07) is 12.1. The van der Waals surface area contributed by atoms with Crippen molar-refractivity contribution in [3.63, 3.8) is 0 Å². The highest BCUT2D eigenvalue weighted by Crippen LogP contribution is 2.45. The zero-order valence-electron chi connectivity index (χ0n) is 21.3. The molecule has 3 aromatic carbocycles. The molecule has 0 aliphatic heterocycles. The molecule has 1 aliphatic rings. The van der Waals surface area contributed by atoms with E-state index in [2.05, 4.69) is 21.2 Å². The third-order valence-corrected chi connectivity index (χ3v) is 8.91. The van der Waals surface area contributed by atoms with Crippen LogP contribution in [0.5, 0.6) is 0 Å². The molecular formula is C28H23BrClFN2O6S. The molecule has 1 heterocycles. The van der Waals surface area contributed by atoms with Crippen LogP contribution in [-0.4, -0.2) is 34.5 Å². The van der Waals surface area contributed by atoms with Gasteiger partial charge in [-0.15, -0.1) is 0 Å². The summed E-state index contributed by atoms with van der Waals surface area (Å²) >= 11 is 9.58. The molecule has 1 saturated carbocycles. The topological polar surface area (TPSA) is 106 Å². The molecule has 0 unspecified atom stereocenters. The van der Waals surface area contributed by atoms with E-state index in [4.69, 9.17) is 20.8 Å². The van der Waals surface area contributed by atoms with Gasteiger partial charge in [-0.25, -0.2) is 17.6 Å². The Morgan fingerprint density at radius 1 is 1.18 bits per heavy atom. The Morgan fingerprint density at radius 3 is 2.48 bits per heavy atom. The minimum absolute atomic E-state index is 0.0685. The Kier molecular flexibility index (Phi) is 7.89. The standard InChI is InChI=1S/C28H23BrClFN2O6S/c1-32-27(34)24-20-12-19(14-3-4-14)16(9-23(20)39-26(24)15-5-7-17(31)8-6-15)13-33(40(36)37)18-10-21(28(35)38-2)25(29)22(30)11-18/h5-12,14,40H,3-4,13H2,1-2H3,(H,32,34). The lowest BCUT2D eigenvalue weighted by atomic mass is 9.97. The summed E-state index contributed by atoms with van der Waals surface area (Å²) in [5, 5.41) is 3.36. The van der Waals surface area contributed by atoms with E-state index in [0.717, 1.165) is 22.7 Å². The van der Waals surface area contributed by atoms with E-state index in [0.29, 0.717) is 27.7 Å². The first-order chi connectivity index (χ1) is 19.1. The summed E-state index contributed by atoms with van der Waals surface area (Å²) < 4.78 is 51.0. The predicted octanol–water partition coefficient (Wildman–Crippen LogP) is 6.21.